The van der Waals surface area contributed by atoms with E-state index in [1.54, 1.807) is 6.07 Å². The molecule has 2 atom stereocenters. The van der Waals surface area contributed by atoms with Crippen LogP contribution in [0.25, 0.3) is 11.1 Å². The summed E-state index contributed by atoms with van der Waals surface area (Å²) < 4.78 is 5.61. The number of nitrogens with two attached hydrogens (primary N) is 2. The van der Waals surface area contributed by atoms with E-state index >= 15 is 0 Å². The van der Waals surface area contributed by atoms with Crippen LogP contribution in [0, 0.1) is 0 Å². The Morgan fingerprint density at radius 2 is 1.68 bits per heavy atom. The number of carboxylic acids is 1. The molecule has 0 saturated heterocycles. The molecule has 10 nitrogen and oxygen atoms in total. The molecular weight excluding hydrogens is 496 g/mol. The Morgan fingerprint density at radius 1 is 0.946 bits per heavy atom. The Morgan fingerprint density at radius 3 is 2.32 bits per heavy atom. The summed E-state index contributed by atoms with van der Waals surface area (Å²) in [6, 6.07) is 22.2. The number of guanidine groups is 1. The molecule has 37 heavy (non-hydrogen) atoms. The van der Waals surface area contributed by atoms with Crippen molar-refractivity contribution in [3.05, 3.63) is 95.0 Å². The van der Waals surface area contributed by atoms with Crippen molar-refractivity contribution in [2.75, 3.05) is 6.61 Å². The molecule has 194 valence electrons. The van der Waals surface area contributed by atoms with E-state index in [4.69, 9.17) is 27.9 Å². The summed E-state index contributed by atoms with van der Waals surface area (Å²) in [4.78, 5) is 24.9. The van der Waals surface area contributed by atoms with E-state index in [2.05, 4.69) is 15.7 Å². The number of carbonyl (C=O) groups excluding carboxylic acids is 1. The minimum Gasteiger partial charge on any atom is -0.480 e. The van der Waals surface area contributed by atoms with Gasteiger partial charge in [0.25, 0.3) is 0 Å². The maximum Gasteiger partial charge on any atom is 0.323 e. The number of ether oxygens (including phenoxy) is 1. The minimum absolute atomic E-state index is 0.157. The molecule has 1 amide bonds. The molecule has 0 aliphatic carbocycles. The van der Waals surface area contributed by atoms with Gasteiger partial charge in [0, 0.05) is 5.02 Å². The molecule has 0 aliphatic heterocycles. The lowest BCUT2D eigenvalue weighted by molar-refractivity contribution is -0.141. The van der Waals surface area contributed by atoms with E-state index in [1.165, 1.54) is 0 Å². The highest BCUT2D eigenvalue weighted by atomic mass is 35.5. The summed E-state index contributed by atoms with van der Waals surface area (Å²) in [6.07, 6.45) is 0.174. The first kappa shape index (κ1) is 27.6. The number of nitrogens with zero attached hydrogens (tertiary/aromatic N) is 1. The molecule has 0 spiro atoms. The van der Waals surface area contributed by atoms with Crippen molar-refractivity contribution in [1.29, 1.82) is 0 Å². The van der Waals surface area contributed by atoms with Gasteiger partial charge in [0.15, 0.2) is 0 Å². The maximum atomic E-state index is 13.0. The van der Waals surface area contributed by atoms with Gasteiger partial charge in [0.1, 0.15) is 6.04 Å². The quantitative estimate of drug-likeness (QED) is 0.0906. The smallest absolute Gasteiger partial charge is 0.323 e. The number of nitrogens with one attached hydrogen (secondary N) is 3. The number of aliphatic carboxylic acids is 1. The van der Waals surface area contributed by atoms with Crippen LogP contribution in [0.1, 0.15) is 11.1 Å². The summed E-state index contributed by atoms with van der Waals surface area (Å²) in [5, 5.41) is 19.2. The summed E-state index contributed by atoms with van der Waals surface area (Å²) in [5.41, 5.74) is 11.2. The fraction of sp³-hybridized carbons (Fsp3) is 0.192. The van der Waals surface area contributed by atoms with Gasteiger partial charge >= 0.3 is 5.97 Å². The van der Waals surface area contributed by atoms with Gasteiger partial charge in [-0.25, -0.2) is 11.4 Å². The maximum absolute atomic E-state index is 13.0. The monoisotopic (exact) mass is 524 g/mol. The molecule has 0 heterocycles. The number of carboxylic acid groups (broad SMARTS) is 1. The van der Waals surface area contributed by atoms with Crippen molar-refractivity contribution in [2.24, 2.45) is 16.7 Å². The SMILES string of the molecule is NN/N=C(\N)NC(=O)[C@H](Cc1ccc(-c2cccc(Cl)c2)cc1)N[C@@H](COCc1ccccc1)C(=O)O. The van der Waals surface area contributed by atoms with Crippen LogP contribution >= 0.6 is 11.6 Å². The number of amides is 1. The van der Waals surface area contributed by atoms with Crippen molar-refractivity contribution < 1.29 is 19.4 Å². The predicted molar refractivity (Wildman–Crippen MR) is 142 cm³/mol. The minimum atomic E-state index is -1.16. The molecule has 0 aromatic heterocycles. The molecule has 0 radical (unpaired) electrons. The number of hydrogen-bond acceptors (Lipinski definition) is 7. The number of hydrogen-bond donors (Lipinski definition) is 6. The highest BCUT2D eigenvalue weighted by Crippen LogP contribution is 2.23. The summed E-state index contributed by atoms with van der Waals surface area (Å²) >= 11 is 6.10. The van der Waals surface area contributed by atoms with Gasteiger partial charge < -0.3 is 15.6 Å². The fourth-order valence-corrected chi connectivity index (χ4v) is 3.77. The van der Waals surface area contributed by atoms with Crippen molar-refractivity contribution in [3.8, 4) is 11.1 Å². The van der Waals surface area contributed by atoms with Crippen LogP contribution in [0.3, 0.4) is 0 Å². The second-order valence-corrected chi connectivity index (χ2v) is 8.57. The zero-order chi connectivity index (χ0) is 26.6. The molecule has 0 aliphatic rings. The van der Waals surface area contributed by atoms with E-state index in [9.17, 15) is 14.7 Å². The van der Waals surface area contributed by atoms with Gasteiger partial charge in [-0.3, -0.25) is 20.2 Å². The van der Waals surface area contributed by atoms with Gasteiger partial charge in [-0.1, -0.05) is 78.3 Å². The standard InChI is InChI=1S/C26H29ClN6O4/c27-21-8-4-7-20(14-21)19-11-9-17(10-12-19)13-22(24(34)31-26(28)32-33-29)30-23(25(35)36)16-37-15-18-5-2-1-3-6-18/h1-12,14,22-23,30,33H,13,15-16,29H2,(H,35,36)(H3,28,31,32,34)/t22-,23-/m0/s1. The Kier molecular flexibility index (Phi) is 10.4. The third-order valence-electron chi connectivity index (χ3n) is 5.40. The average Bonchev–Trinajstić information content (AvgIpc) is 2.88. The molecule has 0 fully saturated rings. The van der Waals surface area contributed by atoms with Gasteiger partial charge in [-0.15, -0.1) is 5.10 Å². The third-order valence-corrected chi connectivity index (χ3v) is 5.64. The Bertz CT molecular complexity index is 1210. The van der Waals surface area contributed by atoms with Crippen LogP contribution in [0.4, 0.5) is 0 Å². The topological polar surface area (TPSA) is 164 Å². The number of hydrazone groups is 1. The van der Waals surface area contributed by atoms with Gasteiger partial charge in [0.05, 0.1) is 19.3 Å². The Hall–Kier alpha value is -3.96. The molecule has 0 bridgehead atoms. The first-order chi connectivity index (χ1) is 17.9. The first-order valence-electron chi connectivity index (χ1n) is 11.4. The fourth-order valence-electron chi connectivity index (χ4n) is 3.58. The lowest BCUT2D eigenvalue weighted by atomic mass is 10.00. The van der Waals surface area contributed by atoms with E-state index in [-0.39, 0.29) is 25.6 Å². The van der Waals surface area contributed by atoms with Crippen LogP contribution in [0.2, 0.25) is 5.02 Å². The van der Waals surface area contributed by atoms with Crippen molar-refractivity contribution >= 4 is 29.4 Å². The number of carbonyl (C=O) groups is 2. The molecule has 3 rings (SSSR count). The highest BCUT2D eigenvalue weighted by Gasteiger charge is 2.27. The van der Waals surface area contributed by atoms with Crippen LogP contribution in [-0.2, 0) is 27.4 Å². The van der Waals surface area contributed by atoms with E-state index < -0.39 is 24.0 Å². The Balaban J connectivity index is 1.73. The lowest BCUT2D eigenvalue weighted by Gasteiger charge is -2.23. The number of rotatable bonds is 12. The van der Waals surface area contributed by atoms with Crippen LogP contribution in [-0.4, -0.2) is 41.6 Å². The van der Waals surface area contributed by atoms with Gasteiger partial charge in [-0.2, -0.15) is 0 Å². The van der Waals surface area contributed by atoms with Gasteiger partial charge in [0.2, 0.25) is 11.9 Å². The van der Waals surface area contributed by atoms with E-state index in [0.29, 0.717) is 5.02 Å². The summed E-state index contributed by atoms with van der Waals surface area (Å²) in [6.45, 7) is 0.0749. The molecule has 11 heteroatoms. The zero-order valence-electron chi connectivity index (χ0n) is 19.9. The molecular formula is C26H29ClN6O4. The third kappa shape index (κ3) is 8.89. The molecule has 8 N–H and O–H groups in total. The average molecular weight is 525 g/mol. The lowest BCUT2D eigenvalue weighted by Crippen LogP contribution is -2.55. The van der Waals surface area contributed by atoms with Crippen molar-refractivity contribution in [3.63, 3.8) is 0 Å². The first-order valence-corrected chi connectivity index (χ1v) is 11.8. The van der Waals surface area contributed by atoms with Crippen molar-refractivity contribution in [2.45, 2.75) is 25.1 Å². The highest BCUT2D eigenvalue weighted by molar-refractivity contribution is 6.30. The normalized spacial score (nSPS) is 13.0. The van der Waals surface area contributed by atoms with Crippen LogP contribution < -0.4 is 27.7 Å². The second-order valence-electron chi connectivity index (χ2n) is 8.14. The summed E-state index contributed by atoms with van der Waals surface area (Å²) in [5.74, 6) is 3.11. The van der Waals surface area contributed by atoms with Crippen molar-refractivity contribution in [1.82, 2.24) is 16.2 Å². The van der Waals surface area contributed by atoms with Crippen LogP contribution in [0.15, 0.2) is 84.0 Å². The number of halogens is 1. The number of benzene rings is 3. The Labute approximate surface area is 219 Å². The largest absolute Gasteiger partial charge is 0.480 e. The number of hydrazine groups is 1. The second kappa shape index (κ2) is 14.0. The zero-order valence-corrected chi connectivity index (χ0v) is 20.7. The van der Waals surface area contributed by atoms with Crippen LogP contribution in [0.5, 0.6) is 0 Å². The van der Waals surface area contributed by atoms with Gasteiger partial charge in [-0.05, 0) is 40.8 Å². The van der Waals surface area contributed by atoms with E-state index in [1.807, 2.05) is 78.3 Å². The van der Waals surface area contributed by atoms with E-state index in [0.717, 1.165) is 22.3 Å². The molecule has 0 unspecified atom stereocenters. The molecule has 0 saturated carbocycles. The molecule has 3 aromatic rings. The predicted octanol–water partition coefficient (Wildman–Crippen LogP) is 1.99. The summed E-state index contributed by atoms with van der Waals surface area (Å²) in [7, 11) is 0. The molecule has 3 aromatic carbocycles.